The van der Waals surface area contributed by atoms with E-state index in [-0.39, 0.29) is 11.8 Å². The third kappa shape index (κ3) is 2.41. The second kappa shape index (κ2) is 4.83. The summed E-state index contributed by atoms with van der Waals surface area (Å²) in [5, 5.41) is 9.28. The lowest BCUT2D eigenvalue weighted by Gasteiger charge is -2.44. The summed E-state index contributed by atoms with van der Waals surface area (Å²) >= 11 is 0. The zero-order valence-electron chi connectivity index (χ0n) is 13.6. The van der Waals surface area contributed by atoms with Crippen LogP contribution in [0.3, 0.4) is 0 Å². The van der Waals surface area contributed by atoms with Crippen LogP contribution in [0.1, 0.15) is 50.5 Å². The first-order chi connectivity index (χ1) is 9.21. The molecular weight excluding hydrogens is 213 g/mol. The van der Waals surface area contributed by atoms with Crippen molar-refractivity contribution in [2.75, 3.05) is 0 Å². The minimum absolute atomic E-state index is 0.0753. The first kappa shape index (κ1) is 9.18. The van der Waals surface area contributed by atoms with E-state index >= 15 is 0 Å². The van der Waals surface area contributed by atoms with Gasteiger partial charge in [0.1, 0.15) is 0 Å². The van der Waals surface area contributed by atoms with Gasteiger partial charge in [-0.15, -0.1) is 0 Å². The first-order valence-electron chi connectivity index (χ1n) is 8.15. The van der Waals surface area contributed by atoms with Gasteiger partial charge in [-0.1, -0.05) is 31.9 Å². The molecule has 0 heterocycles. The molecule has 0 unspecified atom stereocenters. The molecule has 2 aliphatic carbocycles. The van der Waals surface area contributed by atoms with Gasteiger partial charge in [-0.25, -0.2) is 0 Å². The Morgan fingerprint density at radius 1 is 1.53 bits per heavy atom. The zero-order valence-corrected chi connectivity index (χ0v) is 10.6. The highest BCUT2D eigenvalue weighted by Crippen LogP contribution is 2.47. The molecule has 0 radical (unpaired) electrons. The van der Waals surface area contributed by atoms with Crippen molar-refractivity contribution in [3.05, 3.63) is 11.6 Å². The molecule has 1 N–H and O–H groups in total. The van der Waals surface area contributed by atoms with Crippen molar-refractivity contribution in [3.8, 4) is 0 Å². The lowest BCUT2D eigenvalue weighted by Crippen LogP contribution is -2.39. The van der Waals surface area contributed by atoms with Crippen molar-refractivity contribution >= 4 is 5.97 Å². The van der Waals surface area contributed by atoms with Crippen LogP contribution in [-0.4, -0.2) is 11.1 Å². The van der Waals surface area contributed by atoms with E-state index in [4.69, 9.17) is 4.11 Å². The van der Waals surface area contributed by atoms with Crippen molar-refractivity contribution in [1.82, 2.24) is 0 Å². The fraction of sp³-hybridized carbons (Fsp3) is 0.800. The molecule has 0 saturated heterocycles. The largest absolute Gasteiger partial charge is 0.481 e. The monoisotopic (exact) mass is 240 g/mol. The van der Waals surface area contributed by atoms with Gasteiger partial charge in [-0.2, -0.15) is 0 Å². The molecule has 0 amide bonds. The fourth-order valence-corrected chi connectivity index (χ4v) is 3.69. The molecule has 0 aromatic carbocycles. The normalized spacial score (nSPS) is 42.5. The van der Waals surface area contributed by atoms with Crippen molar-refractivity contribution in [3.63, 3.8) is 0 Å². The number of rotatable bonds is 2. The van der Waals surface area contributed by atoms with Crippen LogP contribution in [0.5, 0.6) is 0 Å². The molecule has 0 aliphatic heterocycles. The smallest absolute Gasteiger partial charge is 0.306 e. The Kier molecular flexibility index (Phi) is 2.61. The van der Waals surface area contributed by atoms with Gasteiger partial charge in [0, 0.05) is 4.11 Å². The molecule has 0 aromatic rings. The van der Waals surface area contributed by atoms with Gasteiger partial charge in [0.25, 0.3) is 0 Å². The molecule has 1 saturated carbocycles. The van der Waals surface area contributed by atoms with E-state index in [0.717, 1.165) is 19.3 Å². The van der Waals surface area contributed by atoms with E-state index in [0.29, 0.717) is 23.8 Å². The van der Waals surface area contributed by atoms with Crippen LogP contribution >= 0.6 is 0 Å². The summed E-state index contributed by atoms with van der Waals surface area (Å²) < 4.78 is 22.8. The molecule has 2 nitrogen and oxygen atoms in total. The summed E-state index contributed by atoms with van der Waals surface area (Å²) in [6, 6.07) is 0. The van der Waals surface area contributed by atoms with Gasteiger partial charge in [0.15, 0.2) is 0 Å². The molecule has 0 bridgehead atoms. The predicted octanol–water partition coefficient (Wildman–Crippen LogP) is 3.73. The van der Waals surface area contributed by atoms with Gasteiger partial charge < -0.3 is 5.11 Å². The van der Waals surface area contributed by atoms with Gasteiger partial charge in [0.05, 0.1) is 5.92 Å². The number of carboxylic acid groups (broad SMARTS) is 1. The van der Waals surface area contributed by atoms with Gasteiger partial charge in [-0.3, -0.25) is 4.79 Å². The van der Waals surface area contributed by atoms with Crippen molar-refractivity contribution in [2.45, 2.75) is 46.4 Å². The topological polar surface area (TPSA) is 37.3 Å². The quantitative estimate of drug-likeness (QED) is 0.590. The number of carboxylic acids is 1. The highest BCUT2D eigenvalue weighted by Gasteiger charge is 2.41. The number of hydrogen-bond donors (Lipinski definition) is 1. The summed E-state index contributed by atoms with van der Waals surface area (Å²) in [5.74, 6) is 0.0357. The molecule has 2 rings (SSSR count). The predicted molar refractivity (Wildman–Crippen MR) is 68.7 cm³/mol. The maximum atomic E-state index is 11.3. The third-order valence-electron chi connectivity index (χ3n) is 4.85. The van der Waals surface area contributed by atoms with E-state index in [1.165, 1.54) is 0 Å². The van der Waals surface area contributed by atoms with E-state index in [9.17, 15) is 9.90 Å². The van der Waals surface area contributed by atoms with Crippen molar-refractivity contribution < 1.29 is 14.0 Å². The molecule has 0 aromatic heterocycles. The first-order valence-corrected chi connectivity index (χ1v) is 6.65. The van der Waals surface area contributed by atoms with Gasteiger partial charge in [-0.05, 0) is 49.8 Å². The summed E-state index contributed by atoms with van der Waals surface area (Å²) in [5.41, 5.74) is 0.537. The van der Waals surface area contributed by atoms with E-state index < -0.39 is 18.7 Å². The molecule has 5 atom stereocenters. The minimum atomic E-state index is -2.03. The molecule has 2 aliphatic rings. The van der Waals surface area contributed by atoms with Crippen molar-refractivity contribution in [2.24, 2.45) is 29.6 Å². The maximum absolute atomic E-state index is 11.3. The van der Waals surface area contributed by atoms with Crippen LogP contribution in [0.2, 0.25) is 0 Å². The number of aliphatic carboxylic acids is 1. The SMILES string of the molecule is [2H][13C]([2H])([2H])C1=C[C@H]2[C@@H](CC1)[C@H](C)CC[C@H]2[C@@H](C)C(=O)O. The van der Waals surface area contributed by atoms with Gasteiger partial charge in [0.2, 0.25) is 0 Å². The van der Waals surface area contributed by atoms with Crippen molar-refractivity contribution in [1.29, 1.82) is 0 Å². The summed E-state index contributed by atoms with van der Waals surface area (Å²) in [7, 11) is 0. The van der Waals surface area contributed by atoms with Crippen LogP contribution in [0.15, 0.2) is 11.6 Å². The number of allylic oxidation sites excluding steroid dienone is 2. The van der Waals surface area contributed by atoms with Gasteiger partial charge >= 0.3 is 5.97 Å². The summed E-state index contributed by atoms with van der Waals surface area (Å²) in [6.45, 7) is 1.95. The highest BCUT2D eigenvalue weighted by atomic mass is 16.4. The molecule has 0 spiro atoms. The Bertz CT molecular complexity index is 414. The Labute approximate surface area is 108 Å². The summed E-state index contributed by atoms with van der Waals surface area (Å²) in [6.07, 6.45) is 5.37. The number of hydrogen-bond acceptors (Lipinski definition) is 1. The molecular formula is C15H24O2. The Balaban J connectivity index is 2.30. The van der Waals surface area contributed by atoms with Crippen LogP contribution < -0.4 is 0 Å². The lowest BCUT2D eigenvalue weighted by atomic mass is 9.60. The zero-order chi connectivity index (χ0) is 15.1. The second-order valence-corrected chi connectivity index (χ2v) is 5.82. The Hall–Kier alpha value is -0.790. The van der Waals surface area contributed by atoms with E-state index in [1.807, 2.05) is 6.08 Å². The number of carbonyl (C=O) groups is 1. The fourth-order valence-electron chi connectivity index (χ4n) is 3.69. The highest BCUT2D eigenvalue weighted by molar-refractivity contribution is 5.70. The Morgan fingerprint density at radius 2 is 2.29 bits per heavy atom. The Morgan fingerprint density at radius 3 is 2.94 bits per heavy atom. The average Bonchev–Trinajstić information content (AvgIpc) is 2.37. The molecule has 17 heavy (non-hydrogen) atoms. The minimum Gasteiger partial charge on any atom is -0.481 e. The van der Waals surface area contributed by atoms with Crippen LogP contribution in [0.4, 0.5) is 0 Å². The maximum Gasteiger partial charge on any atom is 0.306 e. The molecule has 2 heteroatoms. The van der Waals surface area contributed by atoms with Crippen LogP contribution in [0.25, 0.3) is 0 Å². The third-order valence-corrected chi connectivity index (χ3v) is 4.85. The van der Waals surface area contributed by atoms with E-state index in [1.54, 1.807) is 6.92 Å². The lowest BCUT2D eigenvalue weighted by molar-refractivity contribution is -0.144. The standard InChI is InChI=1S/C15H24O2/c1-9-4-6-12-10(2)5-7-13(14(12)8-9)11(3)15(16)17/h8,10-14H,4-7H2,1-3H3,(H,16,17)/t10-,11-,12+,13+,14+/m1/s1/i1+1D3. The average molecular weight is 240 g/mol. The van der Waals surface area contributed by atoms with Crippen LogP contribution in [0, 0.1) is 29.6 Å². The molecule has 96 valence electrons. The summed E-state index contributed by atoms with van der Waals surface area (Å²) in [4.78, 5) is 11.3. The van der Waals surface area contributed by atoms with Crippen LogP contribution in [-0.2, 0) is 4.79 Å². The van der Waals surface area contributed by atoms with E-state index in [2.05, 4.69) is 6.92 Å². The number of fused-ring (bicyclic) bond motifs is 1. The molecule has 1 fully saturated rings. The second-order valence-electron chi connectivity index (χ2n) is 5.82.